The van der Waals surface area contributed by atoms with Gasteiger partial charge in [-0.25, -0.2) is 16.8 Å². The standard InChI is InChI=1S/C29H45P.2CHF3O3S.Pd/c1-19(2)22-17-24(20(3)4)27(25(18-22)21(5)6)23-15-13-14-16-26(23)30(28(7,8)9)29(10,11)12;2*2-1(3,4)8(5,6)7;/h13-21H,1-12H3;2*(H,5,6,7);/q;;;+2/p-2. The molecule has 0 aliphatic heterocycles. The van der Waals surface area contributed by atoms with E-state index in [2.05, 4.69) is 119 Å². The van der Waals surface area contributed by atoms with Crippen LogP contribution in [0.25, 0.3) is 11.1 Å². The predicted molar refractivity (Wildman–Crippen MR) is 172 cm³/mol. The predicted octanol–water partition coefficient (Wildman–Crippen LogP) is 9.53. The van der Waals surface area contributed by atoms with E-state index >= 15 is 0 Å². The summed E-state index contributed by atoms with van der Waals surface area (Å²) in [7, 11) is -12.5. The number of alkyl halides is 6. The maximum atomic E-state index is 10.7. The van der Waals surface area contributed by atoms with Gasteiger partial charge in [-0.1, -0.05) is 127 Å². The number of hydrogen-bond donors (Lipinski definition) is 0. The van der Waals surface area contributed by atoms with Gasteiger partial charge in [0.1, 0.15) is 0 Å². The van der Waals surface area contributed by atoms with Crippen molar-refractivity contribution in [2.75, 3.05) is 0 Å². The van der Waals surface area contributed by atoms with E-state index in [4.69, 9.17) is 25.9 Å². The minimum absolute atomic E-state index is 0. The van der Waals surface area contributed by atoms with Gasteiger partial charge in [-0.05, 0) is 61.2 Å². The molecule has 0 radical (unpaired) electrons. The SMILES string of the molecule is CC(C)c1cc(C(C)C)c(-c2ccccc2P(C(C)(C)C)C(C)(C)C)c(C(C)C)c1.O=S(=O)([O-])C(F)(F)F.O=S(=O)([O-])C(F)(F)F.[Pd+2]. The molecule has 0 bridgehead atoms. The minimum Gasteiger partial charge on any atom is -0.741 e. The molecule has 6 nitrogen and oxygen atoms in total. The van der Waals surface area contributed by atoms with E-state index in [9.17, 15) is 26.3 Å². The molecule has 0 aromatic heterocycles. The first-order valence-electron chi connectivity index (χ1n) is 14.3. The van der Waals surface area contributed by atoms with Crippen LogP contribution in [0.15, 0.2) is 36.4 Å². The Labute approximate surface area is 291 Å². The van der Waals surface area contributed by atoms with Gasteiger partial charge in [0.25, 0.3) is 0 Å². The van der Waals surface area contributed by atoms with Gasteiger partial charge >= 0.3 is 31.4 Å². The summed E-state index contributed by atoms with van der Waals surface area (Å²) in [5, 5.41) is 2.06. The monoisotopic (exact) mass is 828 g/mol. The van der Waals surface area contributed by atoms with Gasteiger partial charge in [-0.2, -0.15) is 26.3 Å². The second kappa shape index (κ2) is 17.2. The van der Waals surface area contributed by atoms with Gasteiger partial charge in [0.2, 0.25) is 0 Å². The van der Waals surface area contributed by atoms with Crippen molar-refractivity contribution in [3.63, 3.8) is 0 Å². The molecular weight excluding hydrogens is 784 g/mol. The molecule has 0 N–H and O–H groups in total. The first-order chi connectivity index (χ1) is 20.2. The van der Waals surface area contributed by atoms with Crippen molar-refractivity contribution in [3.8, 4) is 11.1 Å². The second-order valence-electron chi connectivity index (χ2n) is 13.5. The van der Waals surface area contributed by atoms with E-state index in [0.717, 1.165) is 0 Å². The van der Waals surface area contributed by atoms with Crippen LogP contribution in [0.4, 0.5) is 26.3 Å². The van der Waals surface area contributed by atoms with Gasteiger partial charge in [-0.3, -0.25) is 0 Å². The van der Waals surface area contributed by atoms with Gasteiger partial charge in [0.05, 0.1) is 0 Å². The Kier molecular flexibility index (Phi) is 17.6. The largest absolute Gasteiger partial charge is 2.00 e. The van der Waals surface area contributed by atoms with Crippen LogP contribution in [-0.2, 0) is 40.7 Å². The molecule has 0 fully saturated rings. The topological polar surface area (TPSA) is 114 Å². The Bertz CT molecular complexity index is 1440. The summed E-state index contributed by atoms with van der Waals surface area (Å²) in [6.07, 6.45) is 0. The summed E-state index contributed by atoms with van der Waals surface area (Å²) < 4.78 is 118. The molecule has 0 aliphatic rings. The zero-order valence-corrected chi connectivity index (χ0v) is 32.6. The molecule has 274 valence electrons. The van der Waals surface area contributed by atoms with Crippen molar-refractivity contribution < 1.29 is 72.7 Å². The van der Waals surface area contributed by atoms with Crippen LogP contribution in [0.1, 0.15) is 118 Å². The first-order valence-corrected chi connectivity index (χ1v) is 18.4. The van der Waals surface area contributed by atoms with Crippen LogP contribution in [0.5, 0.6) is 0 Å². The molecule has 0 unspecified atom stereocenters. The van der Waals surface area contributed by atoms with Crippen LogP contribution in [0.2, 0.25) is 0 Å². The van der Waals surface area contributed by atoms with Crippen LogP contribution in [0.3, 0.4) is 0 Å². The van der Waals surface area contributed by atoms with E-state index < -0.39 is 31.3 Å². The molecule has 16 heteroatoms. The van der Waals surface area contributed by atoms with Crippen molar-refractivity contribution in [2.24, 2.45) is 0 Å². The summed E-state index contributed by atoms with van der Waals surface area (Å²) in [5.41, 5.74) is -3.83. The van der Waals surface area contributed by atoms with Crippen LogP contribution >= 0.6 is 7.92 Å². The Hall–Kier alpha value is -1.07. The van der Waals surface area contributed by atoms with Gasteiger partial charge in [0, 0.05) is 0 Å². The molecule has 0 heterocycles. The fraction of sp³-hybridized carbons (Fsp3) is 0.613. The summed E-state index contributed by atoms with van der Waals surface area (Å²) in [6, 6.07) is 14.3. The molecule has 0 saturated carbocycles. The molecule has 2 aromatic carbocycles. The van der Waals surface area contributed by atoms with Gasteiger partial charge < -0.3 is 9.11 Å². The molecule has 2 aromatic rings. The van der Waals surface area contributed by atoms with E-state index in [1.807, 2.05) is 0 Å². The molecule has 0 amide bonds. The molecule has 0 atom stereocenters. The normalized spacial score (nSPS) is 13.2. The van der Waals surface area contributed by atoms with Crippen molar-refractivity contribution in [1.29, 1.82) is 0 Å². The van der Waals surface area contributed by atoms with E-state index in [1.165, 1.54) is 27.8 Å². The van der Waals surface area contributed by atoms with Crippen LogP contribution < -0.4 is 5.30 Å². The fourth-order valence-electron chi connectivity index (χ4n) is 4.88. The third kappa shape index (κ3) is 14.4. The smallest absolute Gasteiger partial charge is 0.741 e. The maximum Gasteiger partial charge on any atom is 2.00 e. The molecule has 0 spiro atoms. The summed E-state index contributed by atoms with van der Waals surface area (Å²) in [6.45, 7) is 28.6. The van der Waals surface area contributed by atoms with Crippen LogP contribution in [0, 0.1) is 0 Å². The Balaban J connectivity index is 0. The fourth-order valence-corrected chi connectivity index (χ4v) is 9.00. The number of halogens is 6. The summed E-state index contributed by atoms with van der Waals surface area (Å²) >= 11 is 0. The van der Waals surface area contributed by atoms with Crippen molar-refractivity contribution in [2.45, 2.75) is 122 Å². The Morgan fingerprint density at radius 1 is 0.617 bits per heavy atom. The number of benzene rings is 2. The number of hydrogen-bond acceptors (Lipinski definition) is 6. The van der Waals surface area contributed by atoms with Crippen LogP contribution in [-0.4, -0.2) is 47.3 Å². The first kappa shape index (κ1) is 48.0. The molecule has 0 saturated heterocycles. The van der Waals surface area contributed by atoms with E-state index in [1.54, 1.807) is 5.30 Å². The average Bonchev–Trinajstić information content (AvgIpc) is 2.80. The van der Waals surface area contributed by atoms with Crippen molar-refractivity contribution in [1.82, 2.24) is 0 Å². The Morgan fingerprint density at radius 2 is 0.915 bits per heavy atom. The van der Waals surface area contributed by atoms with Crippen molar-refractivity contribution in [3.05, 3.63) is 53.1 Å². The third-order valence-corrected chi connectivity index (χ3v) is 11.1. The molecule has 2 rings (SSSR count). The number of rotatable bonds is 5. The maximum absolute atomic E-state index is 10.7. The Morgan fingerprint density at radius 3 is 1.15 bits per heavy atom. The molecular formula is C31H45F6O6PPdS2. The minimum atomic E-state index is -6.09. The van der Waals surface area contributed by atoms with Gasteiger partial charge in [-0.15, -0.1) is 0 Å². The molecule has 0 aliphatic carbocycles. The third-order valence-electron chi connectivity index (χ3n) is 6.46. The van der Waals surface area contributed by atoms with Gasteiger partial charge in [0.15, 0.2) is 20.2 Å². The average molecular weight is 829 g/mol. The second-order valence-corrected chi connectivity index (χ2v) is 20.1. The summed E-state index contributed by atoms with van der Waals surface area (Å²) in [5.74, 6) is 1.55. The van der Waals surface area contributed by atoms with Crippen molar-refractivity contribution >= 4 is 33.5 Å². The zero-order chi connectivity index (χ0) is 37.0. The van der Waals surface area contributed by atoms with E-state index in [-0.39, 0.29) is 38.7 Å². The summed E-state index contributed by atoms with van der Waals surface area (Å²) in [4.78, 5) is 0. The zero-order valence-electron chi connectivity index (χ0n) is 28.5. The molecule has 47 heavy (non-hydrogen) atoms. The van der Waals surface area contributed by atoms with E-state index in [0.29, 0.717) is 17.8 Å². The quantitative estimate of drug-likeness (QED) is 0.0976.